The van der Waals surface area contributed by atoms with Crippen LogP contribution in [0.5, 0.6) is 0 Å². The van der Waals surface area contributed by atoms with Gasteiger partial charge in [0.2, 0.25) is 0 Å². The largest absolute Gasteiger partial charge is 0.333 e. The SMILES string of the molecule is O=C(c1nc2cccc(Cl)c2[nH]1)N1CCc2ncsc2C1. The number of hydrogen-bond donors (Lipinski definition) is 1. The standard InChI is InChI=1S/C14H11ClN4OS/c15-8-2-1-3-10-12(8)18-13(17-10)14(20)19-5-4-9-11(6-19)21-7-16-9/h1-3,7H,4-6H2,(H,17,18). The van der Waals surface area contributed by atoms with Gasteiger partial charge in [0, 0.05) is 17.8 Å². The van der Waals surface area contributed by atoms with E-state index in [-0.39, 0.29) is 5.91 Å². The van der Waals surface area contributed by atoms with Gasteiger partial charge in [-0.15, -0.1) is 11.3 Å². The van der Waals surface area contributed by atoms with Crippen molar-refractivity contribution in [2.75, 3.05) is 6.54 Å². The van der Waals surface area contributed by atoms with Crippen molar-refractivity contribution in [3.63, 3.8) is 0 Å². The number of carbonyl (C=O) groups is 1. The van der Waals surface area contributed by atoms with Gasteiger partial charge in [-0.2, -0.15) is 0 Å². The fraction of sp³-hybridized carbons (Fsp3) is 0.214. The third-order valence-electron chi connectivity index (χ3n) is 3.64. The molecule has 1 aliphatic heterocycles. The van der Waals surface area contributed by atoms with Crippen LogP contribution in [0.25, 0.3) is 11.0 Å². The lowest BCUT2D eigenvalue weighted by molar-refractivity contribution is 0.0725. The maximum Gasteiger partial charge on any atom is 0.290 e. The van der Waals surface area contributed by atoms with Gasteiger partial charge in [0.1, 0.15) is 0 Å². The van der Waals surface area contributed by atoms with Crippen LogP contribution < -0.4 is 0 Å². The highest BCUT2D eigenvalue weighted by Crippen LogP contribution is 2.24. The molecule has 3 heterocycles. The molecule has 21 heavy (non-hydrogen) atoms. The van der Waals surface area contributed by atoms with Crippen LogP contribution >= 0.6 is 22.9 Å². The van der Waals surface area contributed by atoms with Gasteiger partial charge >= 0.3 is 0 Å². The maximum atomic E-state index is 12.6. The van der Waals surface area contributed by atoms with E-state index in [1.165, 1.54) is 0 Å². The fourth-order valence-electron chi connectivity index (χ4n) is 2.54. The highest BCUT2D eigenvalue weighted by atomic mass is 35.5. The molecule has 106 valence electrons. The zero-order chi connectivity index (χ0) is 14.4. The maximum absolute atomic E-state index is 12.6. The van der Waals surface area contributed by atoms with Crippen LogP contribution in [0.1, 0.15) is 21.2 Å². The summed E-state index contributed by atoms with van der Waals surface area (Å²) in [4.78, 5) is 27.2. The monoisotopic (exact) mass is 318 g/mol. The third kappa shape index (κ3) is 2.11. The van der Waals surface area contributed by atoms with E-state index in [1.54, 1.807) is 22.3 Å². The molecule has 0 fully saturated rings. The molecule has 2 aromatic heterocycles. The van der Waals surface area contributed by atoms with Crippen LogP contribution in [0.3, 0.4) is 0 Å². The van der Waals surface area contributed by atoms with E-state index < -0.39 is 0 Å². The van der Waals surface area contributed by atoms with Crippen molar-refractivity contribution in [3.05, 3.63) is 45.1 Å². The van der Waals surface area contributed by atoms with Crippen LogP contribution in [-0.2, 0) is 13.0 Å². The summed E-state index contributed by atoms with van der Waals surface area (Å²) < 4.78 is 0. The predicted molar refractivity (Wildman–Crippen MR) is 81.7 cm³/mol. The van der Waals surface area contributed by atoms with Crippen molar-refractivity contribution in [1.29, 1.82) is 0 Å². The molecule has 5 nitrogen and oxygen atoms in total. The Bertz CT molecular complexity index is 840. The number of halogens is 1. The number of rotatable bonds is 1. The first-order chi connectivity index (χ1) is 10.2. The molecule has 3 aromatic rings. The number of H-pyrrole nitrogens is 1. The third-order valence-corrected chi connectivity index (χ3v) is 4.81. The summed E-state index contributed by atoms with van der Waals surface area (Å²) in [6.45, 7) is 1.27. The number of amides is 1. The second-order valence-corrected chi connectivity index (χ2v) is 6.26. The van der Waals surface area contributed by atoms with Crippen molar-refractivity contribution in [2.45, 2.75) is 13.0 Å². The molecule has 1 aliphatic rings. The van der Waals surface area contributed by atoms with Gasteiger partial charge in [0.15, 0.2) is 5.82 Å². The second-order valence-electron chi connectivity index (χ2n) is 4.92. The summed E-state index contributed by atoms with van der Waals surface area (Å²) in [6.07, 6.45) is 0.797. The zero-order valence-corrected chi connectivity index (χ0v) is 12.5. The van der Waals surface area contributed by atoms with Crippen LogP contribution in [0.2, 0.25) is 5.02 Å². The summed E-state index contributed by atoms with van der Waals surface area (Å²) in [6, 6.07) is 5.44. The molecule has 0 bridgehead atoms. The highest BCUT2D eigenvalue weighted by molar-refractivity contribution is 7.09. The van der Waals surface area contributed by atoms with E-state index in [4.69, 9.17) is 11.6 Å². The number of hydrogen-bond acceptors (Lipinski definition) is 4. The summed E-state index contributed by atoms with van der Waals surface area (Å²) in [7, 11) is 0. The average molecular weight is 319 g/mol. The second kappa shape index (κ2) is 4.82. The molecule has 1 N–H and O–H groups in total. The highest BCUT2D eigenvalue weighted by Gasteiger charge is 2.25. The van der Waals surface area contributed by atoms with Crippen molar-refractivity contribution in [3.8, 4) is 0 Å². The summed E-state index contributed by atoms with van der Waals surface area (Å²) >= 11 is 7.70. The minimum Gasteiger partial charge on any atom is -0.333 e. The molecule has 1 aromatic carbocycles. The van der Waals surface area contributed by atoms with Gasteiger partial charge in [0.05, 0.1) is 33.8 Å². The van der Waals surface area contributed by atoms with Gasteiger partial charge in [-0.25, -0.2) is 9.97 Å². The first-order valence-electron chi connectivity index (χ1n) is 6.57. The Morgan fingerprint density at radius 3 is 3.19 bits per heavy atom. The molecule has 4 rings (SSSR count). The first kappa shape index (κ1) is 12.8. The Balaban J connectivity index is 1.66. The molecule has 0 unspecified atom stereocenters. The Morgan fingerprint density at radius 2 is 2.33 bits per heavy atom. The number of thiazole rings is 1. The van der Waals surface area contributed by atoms with Gasteiger partial charge in [-0.05, 0) is 12.1 Å². The molecule has 0 spiro atoms. The van der Waals surface area contributed by atoms with Crippen LogP contribution in [0.4, 0.5) is 0 Å². The molecule has 0 saturated carbocycles. The van der Waals surface area contributed by atoms with Gasteiger partial charge in [-0.3, -0.25) is 4.79 Å². The number of imidazole rings is 1. The number of carbonyl (C=O) groups excluding carboxylic acids is 1. The Kier molecular flexibility index (Phi) is 2.94. The summed E-state index contributed by atoms with van der Waals surface area (Å²) in [5.74, 6) is 0.243. The van der Waals surface area contributed by atoms with Crippen LogP contribution in [0, 0.1) is 0 Å². The Hall–Kier alpha value is -1.92. The van der Waals surface area contributed by atoms with Crippen LogP contribution in [-0.4, -0.2) is 32.3 Å². The minimum atomic E-state index is -0.0960. The normalized spacial score (nSPS) is 14.4. The Labute approximate surface area is 129 Å². The summed E-state index contributed by atoms with van der Waals surface area (Å²) in [5, 5.41) is 0.572. The zero-order valence-electron chi connectivity index (χ0n) is 11.0. The van der Waals surface area contributed by atoms with E-state index in [9.17, 15) is 4.79 Å². The number of nitrogens with zero attached hydrogens (tertiary/aromatic N) is 3. The lowest BCUT2D eigenvalue weighted by Gasteiger charge is -2.25. The minimum absolute atomic E-state index is 0.0960. The van der Waals surface area contributed by atoms with Crippen molar-refractivity contribution in [1.82, 2.24) is 19.9 Å². The number of benzene rings is 1. The molecule has 1 amide bonds. The lowest BCUT2D eigenvalue weighted by atomic mass is 10.2. The van der Waals surface area contributed by atoms with Crippen molar-refractivity contribution >= 4 is 39.9 Å². The smallest absolute Gasteiger partial charge is 0.290 e. The van der Waals surface area contributed by atoms with Crippen molar-refractivity contribution < 1.29 is 4.79 Å². The van der Waals surface area contributed by atoms with E-state index in [2.05, 4.69) is 15.0 Å². The summed E-state index contributed by atoms with van der Waals surface area (Å²) in [5.41, 5.74) is 4.36. The van der Waals surface area contributed by atoms with Gasteiger partial charge in [0.25, 0.3) is 5.91 Å². The quantitative estimate of drug-likeness (QED) is 0.750. The van der Waals surface area contributed by atoms with Gasteiger partial charge in [-0.1, -0.05) is 17.7 Å². The van der Waals surface area contributed by atoms with Gasteiger partial charge < -0.3 is 9.88 Å². The van der Waals surface area contributed by atoms with E-state index >= 15 is 0 Å². The van der Waals surface area contributed by atoms with Crippen LogP contribution in [0.15, 0.2) is 23.7 Å². The Morgan fingerprint density at radius 1 is 1.43 bits per heavy atom. The topological polar surface area (TPSA) is 61.9 Å². The molecule has 0 aliphatic carbocycles. The molecular formula is C14H11ClN4OS. The molecule has 0 radical (unpaired) electrons. The predicted octanol–water partition coefficient (Wildman–Crippen LogP) is 2.87. The fourth-order valence-corrected chi connectivity index (χ4v) is 3.59. The number of nitrogens with one attached hydrogen (secondary N) is 1. The molecular weight excluding hydrogens is 308 g/mol. The number of fused-ring (bicyclic) bond motifs is 2. The van der Waals surface area contributed by atoms with Crippen molar-refractivity contribution in [2.24, 2.45) is 0 Å². The molecule has 0 atom stereocenters. The first-order valence-corrected chi connectivity index (χ1v) is 7.83. The van der Waals surface area contributed by atoms with E-state index in [0.29, 0.717) is 35.0 Å². The van der Waals surface area contributed by atoms with E-state index in [1.807, 2.05) is 17.6 Å². The number of para-hydroxylation sites is 1. The number of aromatic nitrogens is 3. The average Bonchev–Trinajstić information content (AvgIpc) is 3.12. The molecule has 0 saturated heterocycles. The number of aromatic amines is 1. The van der Waals surface area contributed by atoms with E-state index in [0.717, 1.165) is 17.0 Å². The molecule has 7 heteroatoms. The lowest BCUT2D eigenvalue weighted by Crippen LogP contribution is -2.36.